The van der Waals surface area contributed by atoms with Gasteiger partial charge in [-0.2, -0.15) is 10.2 Å². The number of anilines is 1. The number of pyridine rings is 1. The van der Waals surface area contributed by atoms with Crippen LogP contribution in [0.15, 0.2) is 49.1 Å². The minimum Gasteiger partial charge on any atom is -0.285 e. The van der Waals surface area contributed by atoms with Crippen LogP contribution in [0.1, 0.15) is 37.2 Å². The van der Waals surface area contributed by atoms with E-state index in [-0.39, 0.29) is 17.7 Å². The summed E-state index contributed by atoms with van der Waals surface area (Å²) < 4.78 is 5.40. The molecule has 1 amide bonds. The van der Waals surface area contributed by atoms with Gasteiger partial charge in [0, 0.05) is 36.5 Å². The second-order valence-corrected chi connectivity index (χ2v) is 8.47. The number of imidazole rings is 1. The van der Waals surface area contributed by atoms with E-state index in [1.807, 2.05) is 61.2 Å². The Morgan fingerprint density at radius 1 is 1.09 bits per heavy atom. The molecule has 1 atom stereocenters. The molecule has 1 aliphatic rings. The zero-order valence-electron chi connectivity index (χ0n) is 18.2. The van der Waals surface area contributed by atoms with E-state index in [1.165, 1.54) is 0 Å². The third-order valence-electron chi connectivity index (χ3n) is 6.04. The van der Waals surface area contributed by atoms with Crippen LogP contribution in [0.2, 0.25) is 0 Å². The number of nitrogens with two attached hydrogens (primary N) is 1. The number of amides is 1. The van der Waals surface area contributed by atoms with Gasteiger partial charge < -0.3 is 0 Å². The number of rotatable bonds is 5. The predicted molar refractivity (Wildman–Crippen MR) is 120 cm³/mol. The molecule has 0 bridgehead atoms. The van der Waals surface area contributed by atoms with Crippen molar-refractivity contribution in [2.45, 2.75) is 25.7 Å². The van der Waals surface area contributed by atoms with Crippen molar-refractivity contribution in [3.05, 3.63) is 60.6 Å². The zero-order valence-corrected chi connectivity index (χ0v) is 18.2. The second-order valence-electron chi connectivity index (χ2n) is 8.47. The highest BCUT2D eigenvalue weighted by Crippen LogP contribution is 2.31. The maximum Gasteiger partial charge on any atom is 0.245 e. The number of aromatic nitrogens is 8. The monoisotopic (exact) mass is 442 g/mol. The van der Waals surface area contributed by atoms with Gasteiger partial charge in [0.1, 0.15) is 5.82 Å². The molecule has 33 heavy (non-hydrogen) atoms. The molecule has 5 aromatic rings. The van der Waals surface area contributed by atoms with Crippen molar-refractivity contribution in [1.29, 1.82) is 0 Å². The van der Waals surface area contributed by atoms with Gasteiger partial charge in [0.25, 0.3) is 0 Å². The number of hydrogen-bond donors (Lipinski definition) is 1. The van der Waals surface area contributed by atoms with Crippen molar-refractivity contribution >= 4 is 23.0 Å². The standard InChI is InChI=1S/C22H22N10O/c1-13(21-27-26-19-7-5-15(11-30(19)21)16-9-24-29(2)10-16)17-6-8-18-25-20(12-31(18)28-17)32(23)22(33)14-3-4-14/h5-14H,3-4,23H2,1-2H3/t13-/m0/s1. The summed E-state index contributed by atoms with van der Waals surface area (Å²) in [6.45, 7) is 2.03. The van der Waals surface area contributed by atoms with E-state index in [9.17, 15) is 4.79 Å². The van der Waals surface area contributed by atoms with Gasteiger partial charge in [0.2, 0.25) is 5.91 Å². The summed E-state index contributed by atoms with van der Waals surface area (Å²) in [7, 11) is 1.89. The lowest BCUT2D eigenvalue weighted by Crippen LogP contribution is -2.38. The molecule has 11 heteroatoms. The first-order valence-corrected chi connectivity index (χ1v) is 10.8. The molecular formula is C22H22N10O. The molecule has 166 valence electrons. The van der Waals surface area contributed by atoms with Crippen molar-refractivity contribution in [1.82, 2.24) is 39.0 Å². The first kappa shape index (κ1) is 19.6. The fourth-order valence-corrected chi connectivity index (χ4v) is 3.95. The Morgan fingerprint density at radius 3 is 2.67 bits per heavy atom. The molecule has 0 aliphatic heterocycles. The molecule has 0 saturated heterocycles. The lowest BCUT2D eigenvalue weighted by molar-refractivity contribution is -0.119. The van der Waals surface area contributed by atoms with E-state index in [2.05, 4.69) is 20.3 Å². The van der Waals surface area contributed by atoms with Crippen molar-refractivity contribution in [3.8, 4) is 11.1 Å². The third-order valence-corrected chi connectivity index (χ3v) is 6.04. The number of hydrogen-bond acceptors (Lipinski definition) is 7. The summed E-state index contributed by atoms with van der Waals surface area (Å²) in [6, 6.07) is 7.72. The molecule has 0 aromatic carbocycles. The summed E-state index contributed by atoms with van der Waals surface area (Å²) in [6.07, 6.45) is 9.25. The van der Waals surface area contributed by atoms with E-state index in [4.69, 9.17) is 10.9 Å². The van der Waals surface area contributed by atoms with E-state index in [1.54, 1.807) is 15.4 Å². The number of carbonyl (C=O) groups excluding carboxylic acids is 1. The summed E-state index contributed by atoms with van der Waals surface area (Å²) in [5, 5.41) is 18.8. The molecule has 6 rings (SSSR count). The smallest absolute Gasteiger partial charge is 0.245 e. The quantitative estimate of drug-likeness (QED) is 0.250. The molecule has 0 unspecified atom stereocenters. The summed E-state index contributed by atoms with van der Waals surface area (Å²) in [5.74, 6) is 6.93. The van der Waals surface area contributed by atoms with Crippen LogP contribution in [-0.4, -0.2) is 44.9 Å². The Morgan fingerprint density at radius 2 is 1.91 bits per heavy atom. The lowest BCUT2D eigenvalue weighted by Gasteiger charge is -2.12. The van der Waals surface area contributed by atoms with E-state index >= 15 is 0 Å². The van der Waals surface area contributed by atoms with Gasteiger partial charge in [0.15, 0.2) is 17.1 Å². The fraction of sp³-hybridized carbons (Fsp3) is 0.273. The van der Waals surface area contributed by atoms with Crippen LogP contribution in [0, 0.1) is 5.92 Å². The van der Waals surface area contributed by atoms with Gasteiger partial charge in [-0.25, -0.2) is 20.4 Å². The first-order valence-electron chi connectivity index (χ1n) is 10.8. The Kier molecular flexibility index (Phi) is 4.27. The van der Waals surface area contributed by atoms with Crippen LogP contribution in [-0.2, 0) is 11.8 Å². The Labute approximate surface area is 188 Å². The molecule has 1 fully saturated rings. The lowest BCUT2D eigenvalue weighted by atomic mass is 10.1. The highest BCUT2D eigenvalue weighted by molar-refractivity contribution is 5.94. The molecule has 5 heterocycles. The average Bonchev–Trinajstić information content (AvgIpc) is 3.24. The number of carbonyl (C=O) groups is 1. The number of fused-ring (bicyclic) bond motifs is 2. The van der Waals surface area contributed by atoms with Gasteiger partial charge in [-0.3, -0.25) is 13.9 Å². The molecular weight excluding hydrogens is 420 g/mol. The van der Waals surface area contributed by atoms with Gasteiger partial charge in [0.05, 0.1) is 24.0 Å². The molecule has 2 N–H and O–H groups in total. The first-order chi connectivity index (χ1) is 16.0. The number of hydrazine groups is 1. The van der Waals surface area contributed by atoms with Crippen molar-refractivity contribution < 1.29 is 4.79 Å². The van der Waals surface area contributed by atoms with Crippen molar-refractivity contribution in [3.63, 3.8) is 0 Å². The zero-order chi connectivity index (χ0) is 22.7. The van der Waals surface area contributed by atoms with Gasteiger partial charge in [-0.05, 0) is 44.0 Å². The van der Waals surface area contributed by atoms with Gasteiger partial charge in [-0.15, -0.1) is 10.2 Å². The average molecular weight is 442 g/mol. The highest BCUT2D eigenvalue weighted by Gasteiger charge is 2.34. The Hall–Kier alpha value is -4.12. The van der Waals surface area contributed by atoms with Crippen LogP contribution in [0.3, 0.4) is 0 Å². The van der Waals surface area contributed by atoms with Crippen LogP contribution in [0.4, 0.5) is 5.82 Å². The maximum atomic E-state index is 12.3. The molecule has 5 aromatic heterocycles. The minimum atomic E-state index is -0.138. The Bertz CT molecular complexity index is 1510. The third kappa shape index (κ3) is 3.33. The molecule has 0 spiro atoms. The van der Waals surface area contributed by atoms with E-state index < -0.39 is 0 Å². The minimum absolute atomic E-state index is 0.0149. The Balaban J connectivity index is 1.34. The van der Waals surface area contributed by atoms with Crippen LogP contribution < -0.4 is 10.9 Å². The SMILES string of the molecule is C[C@@H](c1ccc2nc(N(N)C(=O)C3CC3)cn2n1)c1nnc2ccc(-c3cnn(C)c3)cn12. The maximum absolute atomic E-state index is 12.3. The molecule has 11 nitrogen and oxygen atoms in total. The molecule has 0 radical (unpaired) electrons. The van der Waals surface area contributed by atoms with Crippen molar-refractivity contribution in [2.75, 3.05) is 5.01 Å². The number of nitrogens with zero attached hydrogens (tertiary/aromatic N) is 9. The van der Waals surface area contributed by atoms with Crippen LogP contribution >= 0.6 is 0 Å². The summed E-state index contributed by atoms with van der Waals surface area (Å²) in [5.41, 5.74) is 4.21. The topological polar surface area (TPSA) is 125 Å². The largest absolute Gasteiger partial charge is 0.285 e. The van der Waals surface area contributed by atoms with Gasteiger partial charge >= 0.3 is 0 Å². The summed E-state index contributed by atoms with van der Waals surface area (Å²) >= 11 is 0. The van der Waals surface area contributed by atoms with Crippen LogP contribution in [0.5, 0.6) is 0 Å². The second kappa shape index (κ2) is 7.20. The molecule has 1 aliphatic carbocycles. The molecule has 1 saturated carbocycles. The number of aryl methyl sites for hydroxylation is 1. The van der Waals surface area contributed by atoms with E-state index in [0.717, 1.165) is 46.1 Å². The van der Waals surface area contributed by atoms with Crippen molar-refractivity contribution in [2.24, 2.45) is 18.8 Å². The van der Waals surface area contributed by atoms with E-state index in [0.29, 0.717) is 11.5 Å². The predicted octanol–water partition coefficient (Wildman–Crippen LogP) is 1.94. The summed E-state index contributed by atoms with van der Waals surface area (Å²) in [4.78, 5) is 16.7. The normalized spacial score (nSPS) is 14.8. The highest BCUT2D eigenvalue weighted by atomic mass is 16.2. The fourth-order valence-electron chi connectivity index (χ4n) is 3.95. The van der Waals surface area contributed by atoms with Gasteiger partial charge in [-0.1, -0.05) is 0 Å². The van der Waals surface area contributed by atoms with Crippen LogP contribution in [0.25, 0.3) is 22.4 Å².